The van der Waals surface area contributed by atoms with Gasteiger partial charge < -0.3 is 4.74 Å². The average molecular weight is 210 g/mol. The quantitative estimate of drug-likeness (QED) is 0.431. The van der Waals surface area contributed by atoms with Gasteiger partial charge in [-0.1, -0.05) is 18.2 Å². The minimum Gasteiger partial charge on any atom is -0.468 e. The van der Waals surface area contributed by atoms with Crippen LogP contribution in [0.3, 0.4) is 0 Å². The topological polar surface area (TPSA) is 43.4 Å². The molecule has 0 radical (unpaired) electrons. The first-order chi connectivity index (χ1) is 6.77. The van der Waals surface area contributed by atoms with E-state index >= 15 is 0 Å². The van der Waals surface area contributed by atoms with E-state index in [1.54, 1.807) is 18.2 Å². The number of hydrogen-bond acceptors (Lipinski definition) is 4. The maximum absolute atomic E-state index is 10.9. The highest BCUT2D eigenvalue weighted by atomic mass is 32.2. The Balaban J connectivity index is 2.66. The Morgan fingerprint density at radius 1 is 1.50 bits per heavy atom. The molecule has 1 aromatic carbocycles. The molecular weight excluding hydrogens is 200 g/mol. The molecule has 0 aliphatic carbocycles. The maximum atomic E-state index is 10.9. The van der Waals surface area contributed by atoms with Crippen molar-refractivity contribution < 1.29 is 14.3 Å². The molecule has 0 fully saturated rings. The van der Waals surface area contributed by atoms with Gasteiger partial charge in [-0.2, -0.15) is 0 Å². The fourth-order valence-corrected chi connectivity index (χ4v) is 1.75. The summed E-state index contributed by atoms with van der Waals surface area (Å²) in [7, 11) is 1.34. The number of esters is 1. The molecule has 0 unspecified atom stereocenters. The first-order valence-electron chi connectivity index (χ1n) is 4.01. The van der Waals surface area contributed by atoms with E-state index in [-0.39, 0.29) is 11.7 Å². The zero-order valence-electron chi connectivity index (χ0n) is 7.73. The first kappa shape index (κ1) is 10.8. The van der Waals surface area contributed by atoms with Crippen LogP contribution in [0.15, 0.2) is 29.2 Å². The largest absolute Gasteiger partial charge is 0.468 e. The van der Waals surface area contributed by atoms with E-state index < -0.39 is 0 Å². The second kappa shape index (κ2) is 5.44. The third kappa shape index (κ3) is 2.88. The van der Waals surface area contributed by atoms with Crippen LogP contribution >= 0.6 is 11.8 Å². The van der Waals surface area contributed by atoms with Crippen LogP contribution in [0, 0.1) is 0 Å². The fourth-order valence-electron chi connectivity index (χ4n) is 0.905. The summed E-state index contributed by atoms with van der Waals surface area (Å²) in [5.74, 6) is -0.0721. The minimum absolute atomic E-state index is 0.224. The van der Waals surface area contributed by atoms with E-state index in [9.17, 15) is 9.59 Å². The van der Waals surface area contributed by atoms with Gasteiger partial charge in [-0.15, -0.1) is 11.8 Å². The molecule has 4 heteroatoms. The lowest BCUT2D eigenvalue weighted by atomic mass is 10.2. The summed E-state index contributed by atoms with van der Waals surface area (Å²) in [6.45, 7) is 0. The molecule has 0 saturated carbocycles. The molecule has 0 saturated heterocycles. The van der Waals surface area contributed by atoms with Crippen molar-refractivity contribution in [3.05, 3.63) is 29.8 Å². The van der Waals surface area contributed by atoms with Crippen molar-refractivity contribution in [2.75, 3.05) is 12.9 Å². The number of carbonyl (C=O) groups excluding carboxylic acids is 2. The monoisotopic (exact) mass is 210 g/mol. The predicted molar refractivity (Wildman–Crippen MR) is 54.6 cm³/mol. The third-order valence-corrected chi connectivity index (χ3v) is 2.68. The Morgan fingerprint density at radius 2 is 2.21 bits per heavy atom. The highest BCUT2D eigenvalue weighted by Gasteiger charge is 2.04. The van der Waals surface area contributed by atoms with Crippen LogP contribution in [0.2, 0.25) is 0 Å². The molecular formula is C10H10O3S. The SMILES string of the molecule is COC(=O)CSc1ccccc1C=O. The van der Waals surface area contributed by atoms with E-state index in [2.05, 4.69) is 4.74 Å². The highest BCUT2D eigenvalue weighted by Crippen LogP contribution is 2.21. The number of rotatable bonds is 4. The maximum Gasteiger partial charge on any atom is 0.315 e. The summed E-state index contributed by atoms with van der Waals surface area (Å²) in [6, 6.07) is 7.13. The zero-order valence-corrected chi connectivity index (χ0v) is 8.54. The lowest BCUT2D eigenvalue weighted by Gasteiger charge is -2.02. The van der Waals surface area contributed by atoms with E-state index in [0.717, 1.165) is 11.2 Å². The molecule has 0 aliphatic heterocycles. The van der Waals surface area contributed by atoms with Gasteiger partial charge in [0.15, 0.2) is 6.29 Å². The van der Waals surface area contributed by atoms with Crippen molar-refractivity contribution in [2.24, 2.45) is 0 Å². The number of methoxy groups -OCH3 is 1. The van der Waals surface area contributed by atoms with Crippen molar-refractivity contribution in [3.8, 4) is 0 Å². The van der Waals surface area contributed by atoms with Crippen molar-refractivity contribution in [1.82, 2.24) is 0 Å². The summed E-state index contributed by atoms with van der Waals surface area (Å²) in [4.78, 5) is 22.3. The van der Waals surface area contributed by atoms with Gasteiger partial charge in [0, 0.05) is 10.5 Å². The molecule has 1 rings (SSSR count). The zero-order chi connectivity index (χ0) is 10.4. The van der Waals surface area contributed by atoms with Crippen LogP contribution < -0.4 is 0 Å². The number of thioether (sulfide) groups is 1. The Morgan fingerprint density at radius 3 is 2.86 bits per heavy atom. The van der Waals surface area contributed by atoms with Crippen LogP contribution in [0.4, 0.5) is 0 Å². The molecule has 3 nitrogen and oxygen atoms in total. The van der Waals surface area contributed by atoms with Crippen molar-refractivity contribution in [1.29, 1.82) is 0 Å². The van der Waals surface area contributed by atoms with Gasteiger partial charge in [-0.05, 0) is 6.07 Å². The van der Waals surface area contributed by atoms with Crippen LogP contribution in [-0.2, 0) is 9.53 Å². The van der Waals surface area contributed by atoms with E-state index in [0.29, 0.717) is 5.56 Å². The molecule has 0 N–H and O–H groups in total. The minimum atomic E-state index is -0.296. The molecule has 0 bridgehead atoms. The average Bonchev–Trinajstić information content (AvgIpc) is 2.26. The molecule has 0 atom stereocenters. The highest BCUT2D eigenvalue weighted by molar-refractivity contribution is 8.00. The molecule has 14 heavy (non-hydrogen) atoms. The van der Waals surface area contributed by atoms with Crippen molar-refractivity contribution >= 4 is 24.0 Å². The van der Waals surface area contributed by atoms with E-state index in [1.165, 1.54) is 18.9 Å². The van der Waals surface area contributed by atoms with Gasteiger partial charge in [0.05, 0.1) is 12.9 Å². The Bertz CT molecular complexity index is 336. The molecule has 0 heterocycles. The summed E-state index contributed by atoms with van der Waals surface area (Å²) < 4.78 is 4.50. The second-order valence-corrected chi connectivity index (χ2v) is 3.54. The van der Waals surface area contributed by atoms with Crippen LogP contribution in [0.25, 0.3) is 0 Å². The molecule has 0 aliphatic rings. The lowest BCUT2D eigenvalue weighted by molar-refractivity contribution is -0.137. The van der Waals surface area contributed by atoms with Crippen molar-refractivity contribution in [3.63, 3.8) is 0 Å². The smallest absolute Gasteiger partial charge is 0.315 e. The standard InChI is InChI=1S/C10H10O3S/c1-13-10(12)7-14-9-5-3-2-4-8(9)6-11/h2-6H,7H2,1H3. The Hall–Kier alpha value is -1.29. The van der Waals surface area contributed by atoms with Gasteiger partial charge >= 0.3 is 5.97 Å². The molecule has 1 aromatic rings. The Labute approximate surface area is 86.5 Å². The lowest BCUT2D eigenvalue weighted by Crippen LogP contribution is -2.03. The van der Waals surface area contributed by atoms with Crippen LogP contribution in [-0.4, -0.2) is 25.1 Å². The van der Waals surface area contributed by atoms with Gasteiger partial charge in [-0.3, -0.25) is 9.59 Å². The van der Waals surface area contributed by atoms with Gasteiger partial charge in [0.25, 0.3) is 0 Å². The summed E-state index contributed by atoms with van der Waals surface area (Å²) >= 11 is 1.30. The molecule has 0 aromatic heterocycles. The Kier molecular flexibility index (Phi) is 4.19. The summed E-state index contributed by atoms with van der Waals surface area (Å²) in [5.41, 5.74) is 0.599. The first-order valence-corrected chi connectivity index (χ1v) is 5.00. The van der Waals surface area contributed by atoms with Crippen LogP contribution in [0.1, 0.15) is 10.4 Å². The second-order valence-electron chi connectivity index (χ2n) is 2.52. The molecule has 0 amide bonds. The number of benzene rings is 1. The van der Waals surface area contributed by atoms with E-state index in [1.807, 2.05) is 6.07 Å². The normalized spacial score (nSPS) is 9.50. The summed E-state index contributed by atoms with van der Waals surface area (Å²) in [6.07, 6.45) is 0.777. The van der Waals surface area contributed by atoms with E-state index in [4.69, 9.17) is 0 Å². The van der Waals surface area contributed by atoms with Crippen molar-refractivity contribution in [2.45, 2.75) is 4.90 Å². The van der Waals surface area contributed by atoms with Gasteiger partial charge in [-0.25, -0.2) is 0 Å². The molecule has 0 spiro atoms. The number of hydrogen-bond donors (Lipinski definition) is 0. The third-order valence-electron chi connectivity index (χ3n) is 1.62. The van der Waals surface area contributed by atoms with Gasteiger partial charge in [0.2, 0.25) is 0 Å². The molecule has 74 valence electrons. The number of ether oxygens (including phenoxy) is 1. The van der Waals surface area contributed by atoms with Gasteiger partial charge in [0.1, 0.15) is 0 Å². The number of carbonyl (C=O) groups is 2. The number of aldehydes is 1. The predicted octanol–water partition coefficient (Wildman–Crippen LogP) is 1.76. The fraction of sp³-hybridized carbons (Fsp3) is 0.200. The van der Waals surface area contributed by atoms with Crippen LogP contribution in [0.5, 0.6) is 0 Å². The summed E-state index contributed by atoms with van der Waals surface area (Å²) in [5, 5.41) is 0.